The second kappa shape index (κ2) is 5.67. The quantitative estimate of drug-likeness (QED) is 0.721. The van der Waals surface area contributed by atoms with Crippen LogP contribution in [-0.4, -0.2) is 0 Å². The van der Waals surface area contributed by atoms with Crippen LogP contribution < -0.4 is 0 Å². The Morgan fingerprint density at radius 2 is 1.65 bits per heavy atom. The Bertz CT molecular complexity index is 454. The van der Waals surface area contributed by atoms with Crippen LogP contribution in [0.1, 0.15) is 36.5 Å². The fourth-order valence-corrected chi connectivity index (χ4v) is 2.19. The summed E-state index contributed by atoms with van der Waals surface area (Å²) >= 11 is 0. The molecule has 0 saturated heterocycles. The first kappa shape index (κ1) is 11.9. The summed E-state index contributed by atoms with van der Waals surface area (Å²) in [7, 11) is 0. The summed E-state index contributed by atoms with van der Waals surface area (Å²) in [5, 5.41) is 0. The van der Waals surface area contributed by atoms with Crippen molar-refractivity contribution in [1.82, 2.24) is 0 Å². The maximum Gasteiger partial charge on any atom is -0.0184 e. The predicted octanol–water partition coefficient (Wildman–Crippen LogP) is 4.40. The van der Waals surface area contributed by atoms with Crippen LogP contribution in [0.2, 0.25) is 0 Å². The van der Waals surface area contributed by atoms with Crippen LogP contribution in [0.25, 0.3) is 0 Å². The fourth-order valence-electron chi connectivity index (χ4n) is 2.19. The Kier molecular flexibility index (Phi) is 3.98. The van der Waals surface area contributed by atoms with E-state index in [1.54, 1.807) is 0 Å². The highest BCUT2D eigenvalue weighted by molar-refractivity contribution is 5.30. The number of benzene rings is 2. The van der Waals surface area contributed by atoms with Gasteiger partial charge in [0.25, 0.3) is 0 Å². The highest BCUT2D eigenvalue weighted by Gasteiger charge is 2.05. The van der Waals surface area contributed by atoms with Gasteiger partial charge in [-0.15, -0.1) is 0 Å². The van der Waals surface area contributed by atoms with Crippen LogP contribution in [0.3, 0.4) is 0 Å². The monoisotopic (exact) mass is 223 g/mol. The van der Waals surface area contributed by atoms with Gasteiger partial charge in [0.2, 0.25) is 0 Å². The Balaban J connectivity index is 2.09. The second-order valence-electron chi connectivity index (χ2n) is 4.76. The minimum absolute atomic E-state index is 0.607. The molecular weight excluding hydrogens is 204 g/mol. The third-order valence-electron chi connectivity index (χ3n) is 3.15. The van der Waals surface area contributed by atoms with Gasteiger partial charge >= 0.3 is 0 Å². The van der Waals surface area contributed by atoms with Crippen LogP contribution in [-0.2, 0) is 12.8 Å². The third kappa shape index (κ3) is 3.20. The van der Waals surface area contributed by atoms with Crippen molar-refractivity contribution in [3.63, 3.8) is 0 Å². The molecule has 17 heavy (non-hydrogen) atoms. The first-order valence-electron chi connectivity index (χ1n) is 6.30. The lowest BCUT2D eigenvalue weighted by Gasteiger charge is -2.12. The molecule has 0 bridgehead atoms. The van der Waals surface area contributed by atoms with Crippen molar-refractivity contribution in [3.05, 3.63) is 71.3 Å². The summed E-state index contributed by atoms with van der Waals surface area (Å²) in [6, 6.07) is 20.1. The van der Waals surface area contributed by atoms with E-state index in [9.17, 15) is 0 Å². The van der Waals surface area contributed by atoms with Gasteiger partial charge < -0.3 is 0 Å². The normalized spacial score (nSPS) is 10.8. The molecule has 0 saturated carbocycles. The molecule has 0 aromatic heterocycles. The van der Waals surface area contributed by atoms with Crippen LogP contribution in [0, 0.1) is 6.07 Å². The highest BCUT2D eigenvalue weighted by Crippen LogP contribution is 2.20. The van der Waals surface area contributed by atoms with Crippen LogP contribution in [0.4, 0.5) is 0 Å². The van der Waals surface area contributed by atoms with Crippen LogP contribution in [0.5, 0.6) is 0 Å². The van der Waals surface area contributed by atoms with E-state index in [4.69, 9.17) is 0 Å². The molecule has 2 rings (SSSR count). The average Bonchev–Trinajstić information content (AvgIpc) is 2.38. The number of hydrogen-bond donors (Lipinski definition) is 0. The molecule has 0 N–H and O–H groups in total. The van der Waals surface area contributed by atoms with Crippen molar-refractivity contribution in [3.8, 4) is 0 Å². The van der Waals surface area contributed by atoms with Gasteiger partial charge in [-0.05, 0) is 41.5 Å². The van der Waals surface area contributed by atoms with Crippen molar-refractivity contribution in [2.45, 2.75) is 32.6 Å². The summed E-state index contributed by atoms with van der Waals surface area (Å²) < 4.78 is 0. The molecule has 0 atom stereocenters. The molecule has 0 aliphatic rings. The molecule has 1 radical (unpaired) electrons. The molecule has 0 spiro atoms. The van der Waals surface area contributed by atoms with E-state index in [2.05, 4.69) is 56.3 Å². The fraction of sp³-hybridized carbons (Fsp3) is 0.294. The first-order chi connectivity index (χ1) is 8.27. The Hall–Kier alpha value is -1.56. The van der Waals surface area contributed by atoms with E-state index in [1.807, 2.05) is 12.1 Å². The average molecular weight is 223 g/mol. The number of rotatable bonds is 4. The van der Waals surface area contributed by atoms with Gasteiger partial charge in [-0.2, -0.15) is 0 Å². The molecular formula is C17H19. The van der Waals surface area contributed by atoms with Gasteiger partial charge in [-0.25, -0.2) is 0 Å². The molecule has 0 fully saturated rings. The Morgan fingerprint density at radius 1 is 0.941 bits per heavy atom. The molecule has 0 unspecified atom stereocenters. The van der Waals surface area contributed by atoms with Gasteiger partial charge in [0.1, 0.15) is 0 Å². The van der Waals surface area contributed by atoms with Gasteiger partial charge in [0, 0.05) is 0 Å². The highest BCUT2D eigenvalue weighted by atomic mass is 14.1. The van der Waals surface area contributed by atoms with E-state index < -0.39 is 0 Å². The summed E-state index contributed by atoms with van der Waals surface area (Å²) in [4.78, 5) is 0. The van der Waals surface area contributed by atoms with E-state index in [0.29, 0.717) is 5.92 Å². The lowest BCUT2D eigenvalue weighted by molar-refractivity contribution is 0.829. The molecule has 0 nitrogen and oxygen atoms in total. The zero-order valence-corrected chi connectivity index (χ0v) is 10.6. The van der Waals surface area contributed by atoms with Gasteiger partial charge in [-0.1, -0.05) is 62.4 Å². The zero-order valence-electron chi connectivity index (χ0n) is 10.6. The minimum atomic E-state index is 0.607. The van der Waals surface area contributed by atoms with Crippen molar-refractivity contribution in [2.75, 3.05) is 0 Å². The molecule has 0 amide bonds. The first-order valence-corrected chi connectivity index (χ1v) is 6.30. The summed E-state index contributed by atoms with van der Waals surface area (Å²) in [6.07, 6.45) is 2.23. The lowest BCUT2D eigenvalue weighted by Crippen LogP contribution is -1.98. The zero-order chi connectivity index (χ0) is 12.1. The summed E-state index contributed by atoms with van der Waals surface area (Å²) in [6.45, 7) is 4.52. The summed E-state index contributed by atoms with van der Waals surface area (Å²) in [5.41, 5.74) is 4.35. The van der Waals surface area contributed by atoms with Crippen molar-refractivity contribution in [1.29, 1.82) is 0 Å². The summed E-state index contributed by atoms with van der Waals surface area (Å²) in [5.74, 6) is 0.607. The lowest BCUT2D eigenvalue weighted by atomic mass is 9.93. The Labute approximate surface area is 104 Å². The molecule has 0 heterocycles. The van der Waals surface area contributed by atoms with E-state index >= 15 is 0 Å². The van der Waals surface area contributed by atoms with Crippen LogP contribution in [0.15, 0.2) is 48.5 Å². The molecule has 0 aliphatic heterocycles. The van der Waals surface area contributed by atoms with Gasteiger partial charge in [0.05, 0.1) is 0 Å². The molecule has 0 aliphatic carbocycles. The molecule has 87 valence electrons. The predicted molar refractivity (Wildman–Crippen MR) is 73.2 cm³/mol. The molecule has 2 aromatic rings. The van der Waals surface area contributed by atoms with E-state index in [-0.39, 0.29) is 0 Å². The number of hydrogen-bond acceptors (Lipinski definition) is 0. The topological polar surface area (TPSA) is 0 Å². The Morgan fingerprint density at radius 3 is 2.35 bits per heavy atom. The largest absolute Gasteiger partial charge is 0.0620 e. The second-order valence-corrected chi connectivity index (χ2v) is 4.76. The molecule has 0 heteroatoms. The smallest absolute Gasteiger partial charge is 0.0184 e. The van der Waals surface area contributed by atoms with E-state index in [0.717, 1.165) is 12.8 Å². The van der Waals surface area contributed by atoms with Gasteiger partial charge in [0.15, 0.2) is 0 Å². The standard InChI is InChI=1S/C17H19/c1-14(2)17-11-7-6-10-16(17)13-12-15-8-4-3-5-9-15/h4-11,14H,12-13H2,1-2H3. The van der Waals surface area contributed by atoms with Crippen molar-refractivity contribution < 1.29 is 0 Å². The maximum atomic E-state index is 3.06. The van der Waals surface area contributed by atoms with Crippen molar-refractivity contribution >= 4 is 0 Å². The SMILES string of the molecule is CC(C)c1ccccc1CCc1cc[c]cc1. The van der Waals surface area contributed by atoms with Crippen LogP contribution >= 0.6 is 0 Å². The van der Waals surface area contributed by atoms with E-state index in [1.165, 1.54) is 16.7 Å². The number of aryl methyl sites for hydroxylation is 2. The maximum absolute atomic E-state index is 3.06. The minimum Gasteiger partial charge on any atom is -0.0620 e. The van der Waals surface area contributed by atoms with Gasteiger partial charge in [-0.3, -0.25) is 0 Å². The molecule has 2 aromatic carbocycles. The third-order valence-corrected chi connectivity index (χ3v) is 3.15. The van der Waals surface area contributed by atoms with Crippen molar-refractivity contribution in [2.24, 2.45) is 0 Å².